The molecule has 0 amide bonds. The van der Waals surface area contributed by atoms with Crippen LogP contribution in [0.4, 0.5) is 5.69 Å². The molecule has 3 N–H and O–H groups in total. The smallest absolute Gasteiger partial charge is 0.274 e. The van der Waals surface area contributed by atoms with Crippen LogP contribution in [0.5, 0.6) is 0 Å². The highest BCUT2D eigenvalue weighted by molar-refractivity contribution is 5.39. The molecule has 0 aliphatic heterocycles. The number of rotatable bonds is 4. The van der Waals surface area contributed by atoms with Gasteiger partial charge in [-0.3, -0.25) is 4.79 Å². The Morgan fingerprint density at radius 2 is 2.20 bits per heavy atom. The van der Waals surface area contributed by atoms with E-state index in [1.165, 1.54) is 0 Å². The summed E-state index contributed by atoms with van der Waals surface area (Å²) < 4.78 is 0. The maximum atomic E-state index is 11.4. The van der Waals surface area contributed by atoms with Crippen molar-refractivity contribution in [3.63, 3.8) is 0 Å². The number of nitrogens with two attached hydrogens (primary N) is 1. The first kappa shape index (κ1) is 11.8. The molecule has 0 aromatic carbocycles. The van der Waals surface area contributed by atoms with Gasteiger partial charge in [-0.05, 0) is 13.3 Å². The third-order valence-corrected chi connectivity index (χ3v) is 2.62. The van der Waals surface area contributed by atoms with Crippen LogP contribution < -0.4 is 11.3 Å². The molecule has 0 aliphatic carbocycles. The van der Waals surface area contributed by atoms with E-state index >= 15 is 0 Å². The lowest BCUT2D eigenvalue weighted by Crippen LogP contribution is -2.19. The number of aryl methyl sites for hydroxylation is 1. The van der Waals surface area contributed by atoms with Crippen molar-refractivity contribution in [3.05, 3.63) is 21.9 Å². The van der Waals surface area contributed by atoms with Crippen molar-refractivity contribution >= 4 is 5.69 Å². The Balaban J connectivity index is 2.91. The van der Waals surface area contributed by atoms with Crippen molar-refractivity contribution in [1.29, 1.82) is 0 Å². The van der Waals surface area contributed by atoms with Crippen LogP contribution in [-0.2, 0) is 0 Å². The number of anilines is 1. The highest BCUT2D eigenvalue weighted by atomic mass is 16.1. The molecule has 0 radical (unpaired) electrons. The maximum absolute atomic E-state index is 11.4. The number of hydrogen-bond acceptors (Lipinski definition) is 3. The Morgan fingerprint density at radius 1 is 1.53 bits per heavy atom. The predicted molar refractivity (Wildman–Crippen MR) is 61.9 cm³/mol. The zero-order valence-corrected chi connectivity index (χ0v) is 9.63. The lowest BCUT2D eigenvalue weighted by molar-refractivity contribution is 0.592. The Morgan fingerprint density at radius 3 is 2.73 bits per heavy atom. The quantitative estimate of drug-likeness (QED) is 0.796. The number of aromatic amines is 1. The van der Waals surface area contributed by atoms with Crippen molar-refractivity contribution in [2.75, 3.05) is 5.73 Å². The highest BCUT2D eigenvalue weighted by Crippen LogP contribution is 2.17. The molecule has 1 unspecified atom stereocenters. The van der Waals surface area contributed by atoms with Crippen molar-refractivity contribution in [1.82, 2.24) is 9.97 Å². The Hall–Kier alpha value is -1.32. The van der Waals surface area contributed by atoms with Crippen molar-refractivity contribution in [3.8, 4) is 0 Å². The molecule has 4 nitrogen and oxygen atoms in total. The first-order chi connectivity index (χ1) is 7.06. The predicted octanol–water partition coefficient (Wildman–Crippen LogP) is 1.95. The molecule has 1 aromatic heterocycles. The largest absolute Gasteiger partial charge is 0.393 e. The van der Waals surface area contributed by atoms with Gasteiger partial charge in [0.05, 0.1) is 5.69 Å². The summed E-state index contributed by atoms with van der Waals surface area (Å²) in [4.78, 5) is 18.5. The summed E-state index contributed by atoms with van der Waals surface area (Å²) in [6, 6.07) is 0. The van der Waals surface area contributed by atoms with E-state index in [4.69, 9.17) is 5.73 Å². The number of nitrogen functional groups attached to an aromatic ring is 1. The monoisotopic (exact) mass is 209 g/mol. The third-order valence-electron chi connectivity index (χ3n) is 2.62. The summed E-state index contributed by atoms with van der Waals surface area (Å²) in [5.41, 5.74) is 6.17. The van der Waals surface area contributed by atoms with Crippen LogP contribution in [0.1, 0.15) is 50.5 Å². The fourth-order valence-electron chi connectivity index (χ4n) is 1.50. The van der Waals surface area contributed by atoms with Gasteiger partial charge in [0.2, 0.25) is 0 Å². The number of unbranched alkanes of at least 4 members (excludes halogenated alkanes) is 1. The fourth-order valence-corrected chi connectivity index (χ4v) is 1.50. The molecular weight excluding hydrogens is 190 g/mol. The first-order valence-corrected chi connectivity index (χ1v) is 5.42. The van der Waals surface area contributed by atoms with Crippen molar-refractivity contribution in [2.24, 2.45) is 0 Å². The molecule has 1 rings (SSSR count). The van der Waals surface area contributed by atoms with Gasteiger partial charge in [-0.1, -0.05) is 26.7 Å². The van der Waals surface area contributed by atoms with E-state index in [9.17, 15) is 4.79 Å². The van der Waals surface area contributed by atoms with Gasteiger partial charge < -0.3 is 10.7 Å². The second-order valence-corrected chi connectivity index (χ2v) is 3.99. The van der Waals surface area contributed by atoms with Crippen LogP contribution >= 0.6 is 0 Å². The van der Waals surface area contributed by atoms with Gasteiger partial charge in [0.25, 0.3) is 5.56 Å². The number of nitrogens with zero attached hydrogens (tertiary/aromatic N) is 1. The van der Waals surface area contributed by atoms with E-state index in [2.05, 4.69) is 23.8 Å². The summed E-state index contributed by atoms with van der Waals surface area (Å²) in [7, 11) is 0. The van der Waals surface area contributed by atoms with Crippen molar-refractivity contribution in [2.45, 2.75) is 46.0 Å². The molecular formula is C11H19N3O. The standard InChI is InChI=1S/C11H19N3O/c1-4-5-6-7(2)10-13-8(3)9(12)11(15)14-10/h7H,4-6,12H2,1-3H3,(H,13,14,15). The van der Waals surface area contributed by atoms with Crippen LogP contribution in [-0.4, -0.2) is 9.97 Å². The van der Waals surface area contributed by atoms with Crippen LogP contribution in [0.2, 0.25) is 0 Å². The molecule has 1 heterocycles. The Kier molecular flexibility index (Phi) is 3.88. The van der Waals surface area contributed by atoms with E-state index in [0.717, 1.165) is 25.1 Å². The van der Waals surface area contributed by atoms with Gasteiger partial charge in [0.15, 0.2) is 0 Å². The van der Waals surface area contributed by atoms with Gasteiger partial charge in [0, 0.05) is 5.92 Å². The van der Waals surface area contributed by atoms with Crippen LogP contribution in [0.3, 0.4) is 0 Å². The van der Waals surface area contributed by atoms with Crippen molar-refractivity contribution < 1.29 is 0 Å². The maximum Gasteiger partial charge on any atom is 0.274 e. The van der Waals surface area contributed by atoms with Crippen LogP contribution in [0.15, 0.2) is 4.79 Å². The molecule has 0 fully saturated rings. The molecule has 0 spiro atoms. The van der Waals surface area contributed by atoms with Gasteiger partial charge in [0.1, 0.15) is 11.5 Å². The lowest BCUT2D eigenvalue weighted by atomic mass is 10.0. The van der Waals surface area contributed by atoms with E-state index in [0.29, 0.717) is 5.69 Å². The van der Waals surface area contributed by atoms with Gasteiger partial charge in [-0.25, -0.2) is 4.98 Å². The normalized spacial score (nSPS) is 12.7. The van der Waals surface area contributed by atoms with E-state index in [1.54, 1.807) is 6.92 Å². The second kappa shape index (κ2) is 4.96. The van der Waals surface area contributed by atoms with Crippen LogP contribution in [0.25, 0.3) is 0 Å². The fraction of sp³-hybridized carbons (Fsp3) is 0.636. The zero-order valence-electron chi connectivity index (χ0n) is 9.63. The SMILES string of the molecule is CCCCC(C)c1nc(C)c(N)c(=O)[nH]1. The first-order valence-electron chi connectivity index (χ1n) is 5.42. The summed E-state index contributed by atoms with van der Waals surface area (Å²) in [6.45, 7) is 5.99. The lowest BCUT2D eigenvalue weighted by Gasteiger charge is -2.11. The van der Waals surface area contributed by atoms with Gasteiger partial charge >= 0.3 is 0 Å². The highest BCUT2D eigenvalue weighted by Gasteiger charge is 2.10. The summed E-state index contributed by atoms with van der Waals surface area (Å²) in [5.74, 6) is 1.04. The third kappa shape index (κ3) is 2.81. The van der Waals surface area contributed by atoms with Gasteiger partial charge in [-0.15, -0.1) is 0 Å². The summed E-state index contributed by atoms with van der Waals surface area (Å²) in [5, 5.41) is 0. The number of hydrogen-bond donors (Lipinski definition) is 2. The van der Waals surface area contributed by atoms with Gasteiger partial charge in [-0.2, -0.15) is 0 Å². The molecule has 0 saturated heterocycles. The molecule has 15 heavy (non-hydrogen) atoms. The topological polar surface area (TPSA) is 71.8 Å². The molecule has 84 valence electrons. The van der Waals surface area contributed by atoms with E-state index in [-0.39, 0.29) is 17.2 Å². The Labute approximate surface area is 89.9 Å². The molecule has 0 bridgehead atoms. The summed E-state index contributed by atoms with van der Waals surface area (Å²) in [6.07, 6.45) is 3.35. The number of aromatic nitrogens is 2. The van der Waals surface area contributed by atoms with Crippen LogP contribution in [0, 0.1) is 6.92 Å². The Bertz CT molecular complexity index is 384. The average Bonchev–Trinajstić information content (AvgIpc) is 2.21. The number of nitrogens with one attached hydrogen (secondary N) is 1. The average molecular weight is 209 g/mol. The van der Waals surface area contributed by atoms with E-state index in [1.807, 2.05) is 0 Å². The molecule has 0 saturated carbocycles. The molecule has 1 atom stereocenters. The minimum absolute atomic E-state index is 0.221. The number of H-pyrrole nitrogens is 1. The minimum atomic E-state index is -0.221. The minimum Gasteiger partial charge on any atom is -0.393 e. The molecule has 0 aliphatic rings. The second-order valence-electron chi connectivity index (χ2n) is 3.99. The summed E-state index contributed by atoms with van der Waals surface area (Å²) >= 11 is 0. The van der Waals surface area contributed by atoms with E-state index < -0.39 is 0 Å². The molecule has 1 aromatic rings. The zero-order chi connectivity index (χ0) is 11.4. The molecule has 4 heteroatoms.